The van der Waals surface area contributed by atoms with Crippen molar-refractivity contribution in [3.05, 3.63) is 41.1 Å². The third kappa shape index (κ3) is 3.27. The maximum Gasteiger partial charge on any atom is 0.339 e. The van der Waals surface area contributed by atoms with Gasteiger partial charge in [0.1, 0.15) is 11.4 Å². The lowest BCUT2D eigenvalue weighted by molar-refractivity contribution is 0.0601. The molecule has 3 aromatic rings. The lowest BCUT2D eigenvalue weighted by Gasteiger charge is -2.12. The number of hydrogen-bond donors (Lipinski definition) is 0. The highest BCUT2D eigenvalue weighted by atomic mass is 32.2. The second kappa shape index (κ2) is 7.33. The molecular formula is C22H23N3O5S. The quantitative estimate of drug-likeness (QED) is 0.574. The fourth-order valence-electron chi connectivity index (χ4n) is 4.66. The minimum atomic E-state index is -3.12. The number of carbonyl (C=O) groups is 1. The van der Waals surface area contributed by atoms with Crippen LogP contribution in [0.5, 0.6) is 5.75 Å². The molecule has 1 aliphatic heterocycles. The van der Waals surface area contributed by atoms with Crippen LogP contribution in [0.2, 0.25) is 0 Å². The zero-order chi connectivity index (χ0) is 21.8. The van der Waals surface area contributed by atoms with E-state index in [2.05, 4.69) is 0 Å². The second-order valence-electron chi connectivity index (χ2n) is 8.03. The predicted octanol–water partition coefficient (Wildman–Crippen LogP) is 2.74. The molecule has 1 aliphatic carbocycles. The van der Waals surface area contributed by atoms with Gasteiger partial charge in [0.05, 0.1) is 42.7 Å². The molecule has 162 valence electrons. The summed E-state index contributed by atoms with van der Waals surface area (Å²) in [6.45, 7) is 0. The Kier molecular flexibility index (Phi) is 4.73. The van der Waals surface area contributed by atoms with Crippen LogP contribution in [0.15, 0.2) is 24.3 Å². The molecule has 2 aromatic heterocycles. The van der Waals surface area contributed by atoms with Crippen LogP contribution in [0, 0.1) is 0 Å². The van der Waals surface area contributed by atoms with Gasteiger partial charge < -0.3 is 9.47 Å². The first-order valence-corrected chi connectivity index (χ1v) is 12.1. The van der Waals surface area contributed by atoms with Crippen molar-refractivity contribution in [1.29, 1.82) is 0 Å². The Morgan fingerprint density at radius 3 is 2.58 bits per heavy atom. The molecule has 0 N–H and O–H groups in total. The molecule has 1 unspecified atom stereocenters. The van der Waals surface area contributed by atoms with Crippen LogP contribution in [0.3, 0.4) is 0 Å². The smallest absolute Gasteiger partial charge is 0.339 e. The van der Waals surface area contributed by atoms with Gasteiger partial charge in [0.15, 0.2) is 15.5 Å². The highest BCUT2D eigenvalue weighted by Crippen LogP contribution is 2.39. The van der Waals surface area contributed by atoms with Crippen LogP contribution in [0.1, 0.15) is 40.5 Å². The molecule has 1 aromatic carbocycles. The number of aromatic nitrogens is 3. The summed E-state index contributed by atoms with van der Waals surface area (Å²) in [6, 6.07) is 7.12. The Bertz CT molecular complexity index is 1300. The molecule has 9 heteroatoms. The first-order chi connectivity index (χ1) is 14.9. The number of carbonyl (C=O) groups excluding carboxylic acids is 1. The lowest BCUT2D eigenvalue weighted by Crippen LogP contribution is -2.14. The number of pyridine rings is 1. The Morgan fingerprint density at radius 2 is 1.94 bits per heavy atom. The molecule has 0 bridgehead atoms. The van der Waals surface area contributed by atoms with E-state index < -0.39 is 15.8 Å². The van der Waals surface area contributed by atoms with Gasteiger partial charge in [-0.25, -0.2) is 22.9 Å². The van der Waals surface area contributed by atoms with Crippen molar-refractivity contribution in [1.82, 2.24) is 14.8 Å². The molecule has 1 fully saturated rings. The number of ether oxygens (including phenoxy) is 2. The number of nitrogens with zero attached hydrogens (tertiary/aromatic N) is 3. The van der Waals surface area contributed by atoms with Gasteiger partial charge in [-0.2, -0.15) is 5.10 Å². The zero-order valence-electron chi connectivity index (χ0n) is 17.4. The van der Waals surface area contributed by atoms with E-state index in [0.29, 0.717) is 34.5 Å². The molecular weight excluding hydrogens is 418 g/mol. The molecule has 5 rings (SSSR count). The van der Waals surface area contributed by atoms with Crippen LogP contribution < -0.4 is 4.74 Å². The normalized spacial score (nSPS) is 19.5. The molecule has 0 saturated carbocycles. The zero-order valence-corrected chi connectivity index (χ0v) is 18.2. The molecule has 1 atom stereocenters. The van der Waals surface area contributed by atoms with Gasteiger partial charge in [-0.05, 0) is 55.5 Å². The van der Waals surface area contributed by atoms with Crippen molar-refractivity contribution in [3.8, 4) is 17.0 Å². The van der Waals surface area contributed by atoms with Crippen LogP contribution in [-0.2, 0) is 27.4 Å². The number of hydrogen-bond acceptors (Lipinski definition) is 7. The van der Waals surface area contributed by atoms with E-state index in [4.69, 9.17) is 19.6 Å². The van der Waals surface area contributed by atoms with Crippen LogP contribution in [0.4, 0.5) is 0 Å². The summed E-state index contributed by atoms with van der Waals surface area (Å²) in [5, 5.41) is 5.45. The molecule has 31 heavy (non-hydrogen) atoms. The van der Waals surface area contributed by atoms with Gasteiger partial charge in [-0.1, -0.05) is 0 Å². The minimum absolute atomic E-state index is 0.0259. The fraction of sp³-hybridized carbons (Fsp3) is 0.409. The van der Waals surface area contributed by atoms with E-state index >= 15 is 0 Å². The summed E-state index contributed by atoms with van der Waals surface area (Å²) in [6.07, 6.45) is 2.94. The summed E-state index contributed by atoms with van der Waals surface area (Å²) in [5.41, 5.74) is 4.23. The lowest BCUT2D eigenvalue weighted by atomic mass is 9.99. The Hall–Kier alpha value is -2.94. The van der Waals surface area contributed by atoms with Gasteiger partial charge in [0.25, 0.3) is 0 Å². The summed E-state index contributed by atoms with van der Waals surface area (Å²) < 4.78 is 36.4. The summed E-state index contributed by atoms with van der Waals surface area (Å²) in [7, 11) is -0.145. The molecule has 3 heterocycles. The third-order valence-corrected chi connectivity index (χ3v) is 7.92. The van der Waals surface area contributed by atoms with Crippen molar-refractivity contribution >= 4 is 26.8 Å². The number of aryl methyl sites for hydroxylation is 1. The molecule has 8 nitrogen and oxygen atoms in total. The van der Waals surface area contributed by atoms with Gasteiger partial charge in [0.2, 0.25) is 0 Å². The van der Waals surface area contributed by atoms with Crippen LogP contribution in [0.25, 0.3) is 22.3 Å². The largest absolute Gasteiger partial charge is 0.497 e. The number of sulfone groups is 1. The average Bonchev–Trinajstić information content (AvgIpc) is 3.48. The summed E-state index contributed by atoms with van der Waals surface area (Å²) in [4.78, 5) is 17.8. The van der Waals surface area contributed by atoms with Crippen molar-refractivity contribution in [2.24, 2.45) is 0 Å². The maximum atomic E-state index is 12.9. The van der Waals surface area contributed by atoms with E-state index in [1.54, 1.807) is 11.8 Å². The number of fused-ring (bicyclic) bond motifs is 2. The summed E-state index contributed by atoms with van der Waals surface area (Å²) in [5.74, 6) is 0.449. The fourth-order valence-corrected chi connectivity index (χ4v) is 6.36. The molecule has 1 saturated heterocycles. The second-order valence-corrected chi connectivity index (χ2v) is 10.3. The van der Waals surface area contributed by atoms with Crippen molar-refractivity contribution in [2.45, 2.75) is 31.7 Å². The Balaban J connectivity index is 1.81. The van der Waals surface area contributed by atoms with E-state index in [-0.39, 0.29) is 17.5 Å². The number of rotatable bonds is 4. The number of methoxy groups -OCH3 is 2. The topological polar surface area (TPSA) is 100 Å². The predicted molar refractivity (Wildman–Crippen MR) is 115 cm³/mol. The van der Waals surface area contributed by atoms with Crippen LogP contribution >= 0.6 is 0 Å². The third-order valence-electron chi connectivity index (χ3n) is 6.17. The van der Waals surface area contributed by atoms with Gasteiger partial charge in [-0.15, -0.1) is 0 Å². The standard InChI is InChI=1S/C22H23N3O5S/c1-29-15-8-6-13(7-9-15)20-19-18(22(26)30-2)16-4-3-5-17(16)23-21(19)25(24-20)14-10-11-31(27,28)12-14/h6-9,14H,3-5,10-12H2,1-2H3. The Morgan fingerprint density at radius 1 is 1.16 bits per heavy atom. The van der Waals surface area contributed by atoms with Crippen molar-refractivity contribution < 1.29 is 22.7 Å². The van der Waals surface area contributed by atoms with E-state index in [9.17, 15) is 13.2 Å². The van der Waals surface area contributed by atoms with Crippen molar-refractivity contribution in [2.75, 3.05) is 25.7 Å². The van der Waals surface area contributed by atoms with Gasteiger partial charge in [-0.3, -0.25) is 0 Å². The highest BCUT2D eigenvalue weighted by molar-refractivity contribution is 7.91. The number of benzene rings is 1. The van der Waals surface area contributed by atoms with Crippen LogP contribution in [-0.4, -0.2) is 54.9 Å². The van der Waals surface area contributed by atoms with Gasteiger partial charge in [0, 0.05) is 11.3 Å². The van der Waals surface area contributed by atoms with E-state index in [1.807, 2.05) is 24.3 Å². The molecule has 0 spiro atoms. The molecule has 0 amide bonds. The number of esters is 1. The Labute approximate surface area is 180 Å². The SMILES string of the molecule is COC(=O)c1c2c(nc3c1c(-c1ccc(OC)cc1)nn3C1CCS(=O)(=O)C1)CCC2. The first-order valence-electron chi connectivity index (χ1n) is 10.3. The summed E-state index contributed by atoms with van der Waals surface area (Å²) >= 11 is 0. The maximum absolute atomic E-state index is 12.9. The molecule has 2 aliphatic rings. The molecule has 0 radical (unpaired) electrons. The van der Waals surface area contributed by atoms with Gasteiger partial charge >= 0.3 is 5.97 Å². The van der Waals surface area contributed by atoms with E-state index in [0.717, 1.165) is 36.1 Å². The minimum Gasteiger partial charge on any atom is -0.497 e. The van der Waals surface area contributed by atoms with Crippen molar-refractivity contribution in [3.63, 3.8) is 0 Å². The first kappa shape index (κ1) is 20.0. The average molecular weight is 442 g/mol. The highest BCUT2D eigenvalue weighted by Gasteiger charge is 2.35. The monoisotopic (exact) mass is 441 g/mol. The van der Waals surface area contributed by atoms with E-state index in [1.165, 1.54) is 7.11 Å².